The smallest absolute Gasteiger partial charge is 0.267 e. The van der Waals surface area contributed by atoms with Crippen LogP contribution in [-0.2, 0) is 29.2 Å². The molecule has 1 atom stereocenters. The highest BCUT2D eigenvalue weighted by atomic mass is 32.2. The Morgan fingerprint density at radius 3 is 2.27 bits per heavy atom. The van der Waals surface area contributed by atoms with Gasteiger partial charge < -0.3 is 11.1 Å². The Morgan fingerprint density at radius 1 is 1.19 bits per heavy atom. The number of carbonyl (C=O) groups excluding carboxylic acids is 1. The summed E-state index contributed by atoms with van der Waals surface area (Å²) in [6.07, 6.45) is 0.487. The van der Waals surface area contributed by atoms with Crippen LogP contribution in [0.5, 0.6) is 0 Å². The summed E-state index contributed by atoms with van der Waals surface area (Å²) in [4.78, 5) is 11.8. The second-order valence-corrected chi connectivity index (χ2v) is 10.9. The molecular formula is C15H32N2O7S2. The van der Waals surface area contributed by atoms with Crippen molar-refractivity contribution in [1.82, 2.24) is 5.32 Å². The molecular weight excluding hydrogens is 384 g/mol. The van der Waals surface area contributed by atoms with Gasteiger partial charge in [0, 0.05) is 19.0 Å². The molecule has 0 heterocycles. The Bertz CT molecular complexity index is 643. The third-order valence-electron chi connectivity index (χ3n) is 3.83. The average Bonchev–Trinajstić information content (AvgIpc) is 2.43. The van der Waals surface area contributed by atoms with Gasteiger partial charge in [-0.25, -0.2) is 0 Å². The fourth-order valence-corrected chi connectivity index (χ4v) is 3.67. The van der Waals surface area contributed by atoms with E-state index in [1.807, 2.05) is 13.8 Å². The Hall–Kier alpha value is -0.750. The minimum absolute atomic E-state index is 0.0947. The molecule has 0 unspecified atom stereocenters. The molecule has 0 aliphatic carbocycles. The van der Waals surface area contributed by atoms with Gasteiger partial charge in [-0.15, -0.1) is 0 Å². The van der Waals surface area contributed by atoms with Crippen LogP contribution in [0.25, 0.3) is 0 Å². The Kier molecular flexibility index (Phi) is 10.2. The molecule has 0 spiro atoms. The minimum atomic E-state index is -4.19. The number of nitrogens with one attached hydrogen (secondary N) is 1. The van der Waals surface area contributed by atoms with E-state index in [0.717, 1.165) is 0 Å². The van der Waals surface area contributed by atoms with Crippen LogP contribution in [0.1, 0.15) is 47.0 Å². The molecule has 0 fully saturated rings. The number of carbonyl (C=O) groups is 1. The first kappa shape index (κ1) is 25.2. The summed E-state index contributed by atoms with van der Waals surface area (Å²) in [6.45, 7) is 7.74. The maximum atomic E-state index is 11.8. The zero-order valence-corrected chi connectivity index (χ0v) is 17.5. The van der Waals surface area contributed by atoms with Crippen LogP contribution in [0.2, 0.25) is 0 Å². The summed E-state index contributed by atoms with van der Waals surface area (Å²) >= 11 is 0. The van der Waals surface area contributed by atoms with E-state index in [1.165, 1.54) is 0 Å². The molecule has 0 aliphatic rings. The van der Waals surface area contributed by atoms with Gasteiger partial charge in [-0.05, 0) is 24.2 Å². The highest BCUT2D eigenvalue weighted by Gasteiger charge is 2.23. The summed E-state index contributed by atoms with van der Waals surface area (Å²) in [6, 6.07) is -0.209. The fraction of sp³-hybridized carbons (Fsp3) is 0.933. The van der Waals surface area contributed by atoms with Gasteiger partial charge in [-0.1, -0.05) is 27.7 Å². The maximum Gasteiger partial charge on any atom is 0.267 e. The van der Waals surface area contributed by atoms with Crippen LogP contribution in [0.4, 0.5) is 0 Å². The lowest BCUT2D eigenvalue weighted by atomic mass is 9.90. The van der Waals surface area contributed by atoms with E-state index >= 15 is 0 Å². The van der Waals surface area contributed by atoms with E-state index < -0.39 is 37.2 Å². The predicted octanol–water partition coefficient (Wildman–Crippen LogP) is 0.517. The predicted molar refractivity (Wildman–Crippen MR) is 99.6 cm³/mol. The Morgan fingerprint density at radius 2 is 1.77 bits per heavy atom. The van der Waals surface area contributed by atoms with Crippen LogP contribution >= 0.6 is 0 Å². The molecule has 1 amide bonds. The van der Waals surface area contributed by atoms with Gasteiger partial charge in [0.2, 0.25) is 5.91 Å². The normalized spacial score (nSPS) is 14.4. The van der Waals surface area contributed by atoms with Crippen LogP contribution in [0.15, 0.2) is 0 Å². The molecule has 11 heteroatoms. The summed E-state index contributed by atoms with van der Waals surface area (Å²) in [5.74, 6) is -1.08. The highest BCUT2D eigenvalue weighted by Crippen LogP contribution is 2.21. The van der Waals surface area contributed by atoms with E-state index in [1.54, 1.807) is 13.8 Å². The summed E-state index contributed by atoms with van der Waals surface area (Å²) in [5.41, 5.74) is 5.33. The number of amides is 1. The highest BCUT2D eigenvalue weighted by molar-refractivity contribution is 7.87. The van der Waals surface area contributed by atoms with E-state index in [4.69, 9.17) is 14.5 Å². The molecule has 0 radical (unpaired) electrons. The molecule has 0 rings (SSSR count). The topological polar surface area (TPSA) is 153 Å². The number of rotatable bonds is 13. The van der Waals surface area contributed by atoms with Gasteiger partial charge in [0.15, 0.2) is 0 Å². The number of hydrogen-bond donors (Lipinski definition) is 3. The molecule has 0 aromatic rings. The van der Waals surface area contributed by atoms with Crippen molar-refractivity contribution in [3.05, 3.63) is 0 Å². The molecule has 0 aliphatic heterocycles. The molecule has 0 aromatic heterocycles. The van der Waals surface area contributed by atoms with Crippen LogP contribution in [-0.4, -0.2) is 58.0 Å². The van der Waals surface area contributed by atoms with Crippen molar-refractivity contribution in [2.24, 2.45) is 17.1 Å². The lowest BCUT2D eigenvalue weighted by Gasteiger charge is -2.24. The van der Waals surface area contributed by atoms with Crippen LogP contribution in [0.3, 0.4) is 0 Å². The molecule has 0 saturated heterocycles. The lowest BCUT2D eigenvalue weighted by molar-refractivity contribution is -0.121. The third-order valence-corrected chi connectivity index (χ3v) is 5.90. The summed E-state index contributed by atoms with van der Waals surface area (Å²) < 4.78 is 58.2. The molecule has 0 bridgehead atoms. The van der Waals surface area contributed by atoms with Gasteiger partial charge in [-0.3, -0.25) is 13.5 Å². The standard InChI is InChI=1S/C15H32N2O7S2/c1-12(2)13(16)10-14(18)17-7-6-15(3,4)11-24-26(22,23)9-5-8-25(19,20)21/h12-13H,5-11,16H2,1-4H3,(H,17,18)(H,19,20,21)/t13-/m1/s1. The van der Waals surface area contributed by atoms with Gasteiger partial charge in [0.25, 0.3) is 20.2 Å². The first-order valence-electron chi connectivity index (χ1n) is 8.48. The quantitative estimate of drug-likeness (QED) is 0.290. The SMILES string of the molecule is CC(C)[C@H](N)CC(=O)NCCC(C)(C)COS(=O)(=O)CCCS(=O)(=O)O. The first-order valence-corrected chi connectivity index (χ1v) is 11.7. The third kappa shape index (κ3) is 13.5. The fourth-order valence-electron chi connectivity index (χ4n) is 1.86. The maximum absolute atomic E-state index is 11.8. The Labute approximate surface area is 156 Å². The minimum Gasteiger partial charge on any atom is -0.356 e. The van der Waals surface area contributed by atoms with Crippen LogP contribution < -0.4 is 11.1 Å². The summed E-state index contributed by atoms with van der Waals surface area (Å²) in [7, 11) is -8.08. The largest absolute Gasteiger partial charge is 0.356 e. The zero-order chi connectivity index (χ0) is 20.6. The van der Waals surface area contributed by atoms with Gasteiger partial charge >= 0.3 is 0 Å². The van der Waals surface area contributed by atoms with Crippen molar-refractivity contribution in [2.45, 2.75) is 53.0 Å². The number of hydrogen-bond acceptors (Lipinski definition) is 7. The second-order valence-electron chi connectivity index (χ2n) is 7.54. The van der Waals surface area contributed by atoms with Crippen LogP contribution in [0, 0.1) is 11.3 Å². The van der Waals surface area contributed by atoms with Gasteiger partial charge in [-0.2, -0.15) is 16.8 Å². The Balaban J connectivity index is 4.22. The zero-order valence-electron chi connectivity index (χ0n) is 15.9. The van der Waals surface area contributed by atoms with E-state index in [2.05, 4.69) is 5.32 Å². The average molecular weight is 417 g/mol. The number of nitrogens with two attached hydrogens (primary N) is 1. The molecule has 0 aromatic carbocycles. The molecule has 26 heavy (non-hydrogen) atoms. The van der Waals surface area contributed by atoms with Gasteiger partial charge in [0.05, 0.1) is 18.1 Å². The van der Waals surface area contributed by atoms with E-state index in [9.17, 15) is 21.6 Å². The van der Waals surface area contributed by atoms with Gasteiger partial charge in [0.1, 0.15) is 0 Å². The lowest BCUT2D eigenvalue weighted by Crippen LogP contribution is -2.36. The first-order chi connectivity index (χ1) is 11.6. The van der Waals surface area contributed by atoms with Crippen molar-refractivity contribution in [2.75, 3.05) is 24.7 Å². The van der Waals surface area contributed by atoms with E-state index in [0.29, 0.717) is 13.0 Å². The monoisotopic (exact) mass is 416 g/mol. The molecule has 156 valence electrons. The molecule has 0 saturated carbocycles. The van der Waals surface area contributed by atoms with Crippen molar-refractivity contribution in [1.29, 1.82) is 0 Å². The van der Waals surface area contributed by atoms with Crippen molar-refractivity contribution >= 4 is 26.1 Å². The van der Waals surface area contributed by atoms with Crippen molar-refractivity contribution < 1.29 is 30.4 Å². The molecule has 9 nitrogen and oxygen atoms in total. The van der Waals surface area contributed by atoms with Crippen molar-refractivity contribution in [3.63, 3.8) is 0 Å². The second kappa shape index (κ2) is 10.5. The van der Waals surface area contributed by atoms with E-state index in [-0.39, 0.29) is 37.3 Å². The summed E-state index contributed by atoms with van der Waals surface area (Å²) in [5, 5.41) is 2.75. The van der Waals surface area contributed by atoms with Crippen molar-refractivity contribution in [3.8, 4) is 0 Å². The molecule has 4 N–H and O–H groups in total.